The van der Waals surface area contributed by atoms with Crippen molar-refractivity contribution in [3.63, 3.8) is 0 Å². The number of allylic oxidation sites excluding steroid dienone is 5. The minimum absolute atomic E-state index is 0.532. The Balaban J connectivity index is 1.91. The maximum absolute atomic E-state index is 4.52. The van der Waals surface area contributed by atoms with E-state index in [2.05, 4.69) is 75.5 Å². The van der Waals surface area contributed by atoms with Crippen molar-refractivity contribution in [1.82, 2.24) is 0 Å². The van der Waals surface area contributed by atoms with E-state index in [1.54, 1.807) is 0 Å². The second kappa shape index (κ2) is 11.6. The summed E-state index contributed by atoms with van der Waals surface area (Å²) in [4.78, 5) is 4.52. The largest absolute Gasteiger partial charge is 0.269 e. The van der Waals surface area contributed by atoms with Gasteiger partial charge in [-0.1, -0.05) is 83.8 Å². The topological polar surface area (TPSA) is 12.4 Å². The molecule has 1 fully saturated rings. The van der Waals surface area contributed by atoms with Gasteiger partial charge in [-0.15, -0.1) is 0 Å². The summed E-state index contributed by atoms with van der Waals surface area (Å²) in [5.74, 6) is 4.80. The van der Waals surface area contributed by atoms with E-state index in [-0.39, 0.29) is 0 Å². The lowest BCUT2D eigenvalue weighted by atomic mass is 9.84. The summed E-state index contributed by atoms with van der Waals surface area (Å²) >= 11 is 0. The molecule has 0 saturated heterocycles. The third kappa shape index (κ3) is 7.64. The van der Waals surface area contributed by atoms with Crippen molar-refractivity contribution in [2.24, 2.45) is 40.5 Å². The van der Waals surface area contributed by atoms with Crippen molar-refractivity contribution in [1.29, 1.82) is 0 Å². The zero-order valence-corrected chi connectivity index (χ0v) is 17.6. The summed E-state index contributed by atoms with van der Waals surface area (Å²) in [5.41, 5.74) is 0. The van der Waals surface area contributed by atoms with Crippen molar-refractivity contribution in [3.8, 4) is 0 Å². The highest BCUT2D eigenvalue weighted by molar-refractivity contribution is 5.60. The monoisotopic (exact) mass is 355 g/mol. The molecule has 0 aliphatic heterocycles. The van der Waals surface area contributed by atoms with E-state index < -0.39 is 0 Å². The van der Waals surface area contributed by atoms with E-state index >= 15 is 0 Å². The van der Waals surface area contributed by atoms with Gasteiger partial charge in [-0.25, -0.2) is 0 Å². The molecule has 0 radical (unpaired) electrons. The molecule has 0 aromatic heterocycles. The molecular formula is C25H41N. The van der Waals surface area contributed by atoms with E-state index in [1.807, 2.05) is 0 Å². The molecule has 0 N–H and O–H groups in total. The molecule has 0 amide bonds. The van der Waals surface area contributed by atoms with Crippen LogP contribution in [0.3, 0.4) is 0 Å². The Morgan fingerprint density at radius 2 is 1.88 bits per heavy atom. The van der Waals surface area contributed by atoms with Crippen molar-refractivity contribution in [2.75, 3.05) is 0 Å². The number of aliphatic imine (C=N–C) groups is 1. The van der Waals surface area contributed by atoms with Crippen LogP contribution in [0, 0.1) is 35.5 Å². The van der Waals surface area contributed by atoms with E-state index in [0.29, 0.717) is 11.8 Å². The van der Waals surface area contributed by atoms with Gasteiger partial charge in [0.25, 0.3) is 0 Å². The number of rotatable bonds is 12. The summed E-state index contributed by atoms with van der Waals surface area (Å²) in [6, 6.07) is 0. The first-order valence-corrected chi connectivity index (χ1v) is 11.2. The zero-order valence-electron chi connectivity index (χ0n) is 17.6. The number of hydrogen-bond donors (Lipinski definition) is 0. The van der Waals surface area contributed by atoms with Crippen LogP contribution in [0.5, 0.6) is 0 Å². The lowest BCUT2D eigenvalue weighted by Gasteiger charge is -2.21. The predicted octanol–water partition coefficient (Wildman–Crippen LogP) is 7.61. The quantitative estimate of drug-likeness (QED) is 0.319. The average Bonchev–Trinajstić information content (AvgIpc) is 3.39. The Labute approximate surface area is 162 Å². The molecule has 1 heteroatoms. The second-order valence-electron chi connectivity index (χ2n) is 8.93. The van der Waals surface area contributed by atoms with Crippen LogP contribution in [-0.2, 0) is 0 Å². The normalized spacial score (nSPS) is 26.6. The Morgan fingerprint density at radius 3 is 2.50 bits per heavy atom. The molecule has 2 aliphatic rings. The molecule has 146 valence electrons. The van der Waals surface area contributed by atoms with Crippen LogP contribution in [-0.4, -0.2) is 6.21 Å². The van der Waals surface area contributed by atoms with Gasteiger partial charge < -0.3 is 0 Å². The molecule has 4 unspecified atom stereocenters. The molecule has 2 rings (SSSR count). The first-order chi connectivity index (χ1) is 12.6. The lowest BCUT2D eigenvalue weighted by Crippen LogP contribution is -2.10. The van der Waals surface area contributed by atoms with Crippen molar-refractivity contribution < 1.29 is 0 Å². The molecule has 1 saturated carbocycles. The molecule has 0 heterocycles. The third-order valence-electron chi connectivity index (χ3n) is 6.00. The highest BCUT2D eigenvalue weighted by Crippen LogP contribution is 2.51. The second-order valence-corrected chi connectivity index (χ2v) is 8.93. The summed E-state index contributed by atoms with van der Waals surface area (Å²) in [6.07, 6.45) is 26.6. The standard InChI is InChI=1S/C25H41N/c1-5-10-21(11-6-2)16-22(14-15-26-19-20(3)4)17-24-18-25(24)23-12-8-7-9-13-23/h7-9,12,14-15,19-25H,5-6,10-11,13,16-18H2,1-4H3. The van der Waals surface area contributed by atoms with Gasteiger partial charge in [-0.2, -0.15) is 0 Å². The number of nitrogens with zero attached hydrogens (tertiary/aromatic N) is 1. The van der Waals surface area contributed by atoms with E-state index in [0.717, 1.165) is 23.7 Å². The summed E-state index contributed by atoms with van der Waals surface area (Å²) in [7, 11) is 0. The molecular weight excluding hydrogens is 314 g/mol. The van der Waals surface area contributed by atoms with Crippen LogP contribution in [0.1, 0.15) is 79.1 Å². The molecule has 0 aromatic rings. The first kappa shape index (κ1) is 21.2. The van der Waals surface area contributed by atoms with Gasteiger partial charge in [0.2, 0.25) is 0 Å². The van der Waals surface area contributed by atoms with Crippen LogP contribution in [0.15, 0.2) is 41.6 Å². The van der Waals surface area contributed by atoms with E-state index in [1.165, 1.54) is 51.4 Å². The molecule has 1 nitrogen and oxygen atoms in total. The Morgan fingerprint density at radius 1 is 1.12 bits per heavy atom. The summed E-state index contributed by atoms with van der Waals surface area (Å²) in [6.45, 7) is 9.04. The summed E-state index contributed by atoms with van der Waals surface area (Å²) in [5, 5.41) is 0. The molecule has 0 aromatic carbocycles. The van der Waals surface area contributed by atoms with Gasteiger partial charge in [-0.05, 0) is 61.2 Å². The van der Waals surface area contributed by atoms with Gasteiger partial charge in [0.1, 0.15) is 0 Å². The maximum Gasteiger partial charge on any atom is 0.0226 e. The minimum Gasteiger partial charge on any atom is -0.269 e. The van der Waals surface area contributed by atoms with E-state index in [9.17, 15) is 0 Å². The molecule has 2 aliphatic carbocycles. The Hall–Kier alpha value is -1.11. The first-order valence-electron chi connectivity index (χ1n) is 11.2. The zero-order chi connectivity index (χ0) is 18.8. The van der Waals surface area contributed by atoms with Crippen molar-refractivity contribution in [2.45, 2.75) is 79.1 Å². The van der Waals surface area contributed by atoms with Crippen LogP contribution in [0.25, 0.3) is 0 Å². The predicted molar refractivity (Wildman–Crippen MR) is 116 cm³/mol. The van der Waals surface area contributed by atoms with Gasteiger partial charge >= 0.3 is 0 Å². The molecule has 0 bridgehead atoms. The average molecular weight is 356 g/mol. The molecule has 26 heavy (non-hydrogen) atoms. The van der Waals surface area contributed by atoms with Crippen LogP contribution in [0.4, 0.5) is 0 Å². The van der Waals surface area contributed by atoms with Crippen LogP contribution < -0.4 is 0 Å². The van der Waals surface area contributed by atoms with Crippen molar-refractivity contribution in [3.05, 3.63) is 36.6 Å². The third-order valence-corrected chi connectivity index (χ3v) is 6.00. The minimum atomic E-state index is 0.532. The fraction of sp³-hybridized carbons (Fsp3) is 0.720. The Bertz CT molecular complexity index is 490. The molecule has 0 spiro atoms. The maximum atomic E-state index is 4.52. The highest BCUT2D eigenvalue weighted by atomic mass is 14.7. The van der Waals surface area contributed by atoms with Gasteiger partial charge in [0.05, 0.1) is 0 Å². The highest BCUT2D eigenvalue weighted by Gasteiger charge is 2.42. The van der Waals surface area contributed by atoms with Crippen LogP contribution >= 0.6 is 0 Å². The smallest absolute Gasteiger partial charge is 0.0226 e. The number of hydrogen-bond acceptors (Lipinski definition) is 1. The van der Waals surface area contributed by atoms with E-state index in [4.69, 9.17) is 0 Å². The summed E-state index contributed by atoms with van der Waals surface area (Å²) < 4.78 is 0. The fourth-order valence-corrected chi connectivity index (χ4v) is 4.64. The Kier molecular flexibility index (Phi) is 9.43. The van der Waals surface area contributed by atoms with Crippen molar-refractivity contribution >= 4 is 6.21 Å². The van der Waals surface area contributed by atoms with Gasteiger partial charge in [0, 0.05) is 12.4 Å². The van der Waals surface area contributed by atoms with Crippen LogP contribution in [0.2, 0.25) is 0 Å². The van der Waals surface area contributed by atoms with Gasteiger partial charge in [-0.3, -0.25) is 4.99 Å². The van der Waals surface area contributed by atoms with Gasteiger partial charge in [0.15, 0.2) is 0 Å². The molecule has 4 atom stereocenters. The SMILES string of the molecule is CCCC(CCC)CC(C=CN=CC(C)C)CC1CC1C1C=CC=CC1. The fourth-order valence-electron chi connectivity index (χ4n) is 4.64. The lowest BCUT2D eigenvalue weighted by molar-refractivity contribution is 0.338.